The number of rotatable bonds is 10. The summed E-state index contributed by atoms with van der Waals surface area (Å²) in [5.74, 6) is 0.863. The van der Waals surface area contributed by atoms with Gasteiger partial charge in [-0.25, -0.2) is 0 Å². The second-order valence-electron chi connectivity index (χ2n) is 4.95. The number of guanidine groups is 1. The van der Waals surface area contributed by atoms with Gasteiger partial charge in [0.25, 0.3) is 0 Å². The molecule has 0 saturated carbocycles. The summed E-state index contributed by atoms with van der Waals surface area (Å²) >= 11 is 0. The summed E-state index contributed by atoms with van der Waals surface area (Å²) in [5, 5.41) is 6.50. The minimum absolute atomic E-state index is 0.683. The van der Waals surface area contributed by atoms with Gasteiger partial charge in [-0.15, -0.1) is 0 Å². The van der Waals surface area contributed by atoms with E-state index >= 15 is 0 Å². The van der Waals surface area contributed by atoms with Gasteiger partial charge in [0.2, 0.25) is 0 Å². The highest BCUT2D eigenvalue weighted by Crippen LogP contribution is 2.12. The molecule has 124 valence electrons. The molecule has 0 atom stereocenters. The zero-order valence-electron chi connectivity index (χ0n) is 14.1. The van der Waals surface area contributed by atoms with Crippen molar-refractivity contribution in [2.75, 3.05) is 51.3 Å². The first-order valence-corrected chi connectivity index (χ1v) is 8.12. The summed E-state index contributed by atoms with van der Waals surface area (Å²) in [6.45, 7) is 9.42. The molecule has 0 bridgehead atoms. The second-order valence-corrected chi connectivity index (χ2v) is 4.95. The van der Waals surface area contributed by atoms with E-state index in [1.165, 1.54) is 5.69 Å². The van der Waals surface area contributed by atoms with Gasteiger partial charge in [-0.1, -0.05) is 18.2 Å². The normalized spacial score (nSPS) is 11.3. The Hall–Kier alpha value is -1.75. The van der Waals surface area contributed by atoms with Crippen molar-refractivity contribution in [1.29, 1.82) is 0 Å². The Morgan fingerprint density at radius 2 is 1.95 bits per heavy atom. The molecule has 5 nitrogen and oxygen atoms in total. The van der Waals surface area contributed by atoms with Gasteiger partial charge in [0.1, 0.15) is 0 Å². The molecular weight excluding hydrogens is 276 g/mol. The summed E-state index contributed by atoms with van der Waals surface area (Å²) < 4.78 is 5.04. The van der Waals surface area contributed by atoms with Gasteiger partial charge in [0, 0.05) is 45.5 Å². The number of hydrogen-bond acceptors (Lipinski definition) is 3. The number of nitrogens with one attached hydrogen (secondary N) is 2. The number of para-hydroxylation sites is 1. The smallest absolute Gasteiger partial charge is 0.191 e. The van der Waals surface area contributed by atoms with Gasteiger partial charge in [-0.3, -0.25) is 4.99 Å². The van der Waals surface area contributed by atoms with E-state index in [0.717, 1.165) is 45.1 Å². The molecule has 1 aromatic carbocycles. The number of nitrogens with zero attached hydrogens (tertiary/aromatic N) is 2. The Balaban J connectivity index is 2.37. The molecule has 5 heteroatoms. The van der Waals surface area contributed by atoms with Crippen LogP contribution in [-0.2, 0) is 4.74 Å². The van der Waals surface area contributed by atoms with Crippen LogP contribution in [-0.4, -0.2) is 52.4 Å². The van der Waals surface area contributed by atoms with Gasteiger partial charge in [-0.05, 0) is 32.4 Å². The van der Waals surface area contributed by atoms with Crippen molar-refractivity contribution in [1.82, 2.24) is 10.6 Å². The summed E-state index contributed by atoms with van der Waals surface area (Å²) in [7, 11) is 1.70. The Labute approximate surface area is 134 Å². The fraction of sp³-hybridized carbons (Fsp3) is 0.588. The molecule has 0 saturated heterocycles. The Morgan fingerprint density at radius 3 is 2.59 bits per heavy atom. The number of aliphatic imine (C=N–C) groups is 1. The molecule has 22 heavy (non-hydrogen) atoms. The lowest BCUT2D eigenvalue weighted by atomic mass is 10.2. The van der Waals surface area contributed by atoms with Crippen molar-refractivity contribution in [2.24, 2.45) is 4.99 Å². The second kappa shape index (κ2) is 11.9. The SMILES string of the molecule is CCNC(=NCCCN(CC)c1ccccc1)NCCOC. The molecule has 0 unspecified atom stereocenters. The topological polar surface area (TPSA) is 48.9 Å². The first kappa shape index (κ1) is 18.3. The highest BCUT2D eigenvalue weighted by Gasteiger charge is 2.02. The van der Waals surface area contributed by atoms with Crippen LogP contribution in [0, 0.1) is 0 Å². The number of benzene rings is 1. The van der Waals surface area contributed by atoms with E-state index < -0.39 is 0 Å². The summed E-state index contributed by atoms with van der Waals surface area (Å²) in [4.78, 5) is 6.97. The van der Waals surface area contributed by atoms with Crippen molar-refractivity contribution in [3.8, 4) is 0 Å². The average molecular weight is 306 g/mol. The predicted molar refractivity (Wildman–Crippen MR) is 94.8 cm³/mol. The lowest BCUT2D eigenvalue weighted by molar-refractivity contribution is 0.203. The van der Waals surface area contributed by atoms with E-state index in [2.05, 4.69) is 64.7 Å². The van der Waals surface area contributed by atoms with Crippen LogP contribution in [0.5, 0.6) is 0 Å². The summed E-state index contributed by atoms with van der Waals surface area (Å²) in [6.07, 6.45) is 1.03. The zero-order chi connectivity index (χ0) is 16.0. The maximum atomic E-state index is 5.04. The Kier molecular flexibility index (Phi) is 9.87. The van der Waals surface area contributed by atoms with E-state index in [1.54, 1.807) is 7.11 Å². The van der Waals surface area contributed by atoms with Crippen LogP contribution in [0.15, 0.2) is 35.3 Å². The van der Waals surface area contributed by atoms with E-state index in [1.807, 2.05) is 0 Å². The van der Waals surface area contributed by atoms with Crippen molar-refractivity contribution < 1.29 is 4.74 Å². The van der Waals surface area contributed by atoms with Crippen LogP contribution in [0.1, 0.15) is 20.3 Å². The van der Waals surface area contributed by atoms with Crippen LogP contribution >= 0.6 is 0 Å². The highest BCUT2D eigenvalue weighted by molar-refractivity contribution is 5.79. The van der Waals surface area contributed by atoms with Crippen LogP contribution in [0.4, 0.5) is 5.69 Å². The van der Waals surface area contributed by atoms with Gasteiger partial charge < -0.3 is 20.3 Å². The monoisotopic (exact) mass is 306 g/mol. The van der Waals surface area contributed by atoms with Crippen LogP contribution in [0.2, 0.25) is 0 Å². The molecule has 0 aliphatic heterocycles. The predicted octanol–water partition coefficient (Wildman–Crippen LogP) is 2.10. The number of anilines is 1. The Morgan fingerprint density at radius 1 is 1.18 bits per heavy atom. The van der Waals surface area contributed by atoms with E-state index in [9.17, 15) is 0 Å². The van der Waals surface area contributed by atoms with Crippen molar-refractivity contribution in [3.05, 3.63) is 30.3 Å². The molecule has 0 aliphatic rings. The molecule has 0 aromatic heterocycles. The largest absolute Gasteiger partial charge is 0.383 e. The number of ether oxygens (including phenoxy) is 1. The first-order valence-electron chi connectivity index (χ1n) is 8.12. The van der Waals surface area contributed by atoms with E-state index in [-0.39, 0.29) is 0 Å². The third-order valence-electron chi connectivity index (χ3n) is 3.30. The van der Waals surface area contributed by atoms with Gasteiger partial charge in [-0.2, -0.15) is 0 Å². The quantitative estimate of drug-likeness (QED) is 0.395. The lowest BCUT2D eigenvalue weighted by Crippen LogP contribution is -2.39. The molecule has 0 spiro atoms. The van der Waals surface area contributed by atoms with Crippen LogP contribution < -0.4 is 15.5 Å². The molecule has 1 rings (SSSR count). The molecule has 0 amide bonds. The molecule has 0 aliphatic carbocycles. The van der Waals surface area contributed by atoms with Crippen molar-refractivity contribution in [3.63, 3.8) is 0 Å². The minimum atomic E-state index is 0.683. The molecule has 2 N–H and O–H groups in total. The molecule has 0 fully saturated rings. The lowest BCUT2D eigenvalue weighted by Gasteiger charge is -2.22. The van der Waals surface area contributed by atoms with Gasteiger partial charge >= 0.3 is 0 Å². The fourth-order valence-corrected chi connectivity index (χ4v) is 2.17. The first-order chi connectivity index (χ1) is 10.8. The van der Waals surface area contributed by atoms with Crippen molar-refractivity contribution in [2.45, 2.75) is 20.3 Å². The van der Waals surface area contributed by atoms with E-state index in [0.29, 0.717) is 6.61 Å². The van der Waals surface area contributed by atoms with Crippen molar-refractivity contribution >= 4 is 11.6 Å². The summed E-state index contributed by atoms with van der Waals surface area (Å²) in [6, 6.07) is 10.5. The minimum Gasteiger partial charge on any atom is -0.383 e. The zero-order valence-corrected chi connectivity index (χ0v) is 14.1. The third kappa shape index (κ3) is 7.31. The van der Waals surface area contributed by atoms with Gasteiger partial charge in [0.15, 0.2) is 5.96 Å². The van der Waals surface area contributed by atoms with Crippen LogP contribution in [0.25, 0.3) is 0 Å². The maximum absolute atomic E-state index is 5.04. The van der Waals surface area contributed by atoms with Crippen LogP contribution in [0.3, 0.4) is 0 Å². The molecule has 0 radical (unpaired) electrons. The molecular formula is C17H30N4O. The fourth-order valence-electron chi connectivity index (χ4n) is 2.17. The van der Waals surface area contributed by atoms with E-state index in [4.69, 9.17) is 4.74 Å². The number of methoxy groups -OCH3 is 1. The van der Waals surface area contributed by atoms with Gasteiger partial charge in [0.05, 0.1) is 6.61 Å². The average Bonchev–Trinajstić information content (AvgIpc) is 2.56. The molecule has 1 aromatic rings. The molecule has 0 heterocycles. The highest BCUT2D eigenvalue weighted by atomic mass is 16.5. The standard InChI is InChI=1S/C17H30N4O/c1-4-18-17(20-13-15-22-3)19-12-9-14-21(5-2)16-10-7-6-8-11-16/h6-8,10-11H,4-5,9,12-15H2,1-3H3,(H2,18,19,20). The Bertz CT molecular complexity index is 408. The third-order valence-corrected chi connectivity index (χ3v) is 3.30. The number of hydrogen-bond donors (Lipinski definition) is 2. The summed E-state index contributed by atoms with van der Waals surface area (Å²) in [5.41, 5.74) is 1.28. The maximum Gasteiger partial charge on any atom is 0.191 e.